The molecule has 1 aromatic heterocycles. The summed E-state index contributed by atoms with van der Waals surface area (Å²) in [5, 5.41) is 6.19. The average Bonchev–Trinajstić information content (AvgIpc) is 3.41. The minimum atomic E-state index is -0.553. The van der Waals surface area contributed by atoms with E-state index in [4.69, 9.17) is 14.3 Å². The molecule has 156 valence electrons. The van der Waals surface area contributed by atoms with Crippen molar-refractivity contribution in [1.29, 1.82) is 0 Å². The first-order valence-electron chi connectivity index (χ1n) is 9.24. The fraction of sp³-hybridized carbons (Fsp3) is 0.350. The van der Waals surface area contributed by atoms with E-state index in [0.717, 1.165) is 17.5 Å². The lowest BCUT2D eigenvalue weighted by molar-refractivity contribution is -0.110. The Morgan fingerprint density at radius 3 is 2.79 bits per heavy atom. The Balaban J connectivity index is 0.00000145. The van der Waals surface area contributed by atoms with Crippen molar-refractivity contribution < 1.29 is 23.5 Å². The molecule has 7 nitrogen and oxygen atoms in total. The van der Waals surface area contributed by atoms with Crippen LogP contribution in [0.1, 0.15) is 25.8 Å². The van der Waals surface area contributed by atoms with Crippen molar-refractivity contribution in [2.45, 2.75) is 26.4 Å². The zero-order chi connectivity index (χ0) is 21.1. The number of benzene rings is 1. The molecule has 1 atom stereocenters. The third kappa shape index (κ3) is 6.95. The van der Waals surface area contributed by atoms with Gasteiger partial charge >= 0.3 is 0 Å². The summed E-state index contributed by atoms with van der Waals surface area (Å²) < 4.78 is 23.8. The van der Waals surface area contributed by atoms with Gasteiger partial charge in [0.2, 0.25) is 0 Å². The number of rotatable bonds is 8. The molecule has 29 heavy (non-hydrogen) atoms. The molecule has 0 radical (unpaired) electrons. The van der Waals surface area contributed by atoms with Crippen LogP contribution in [0.25, 0.3) is 0 Å². The van der Waals surface area contributed by atoms with Crippen LogP contribution in [-0.4, -0.2) is 42.5 Å². The first-order valence-corrected chi connectivity index (χ1v) is 10.1. The second kappa shape index (κ2) is 11.9. The van der Waals surface area contributed by atoms with E-state index in [1.807, 2.05) is 13.8 Å². The number of nitrogens with zero attached hydrogens (tertiary/aromatic N) is 2. The highest BCUT2D eigenvalue weighted by atomic mass is 32.1. The van der Waals surface area contributed by atoms with E-state index in [2.05, 4.69) is 22.0 Å². The molecule has 0 unspecified atom stereocenters. The summed E-state index contributed by atoms with van der Waals surface area (Å²) in [6.45, 7) is 8.98. The predicted molar refractivity (Wildman–Crippen MR) is 111 cm³/mol. The number of hydrogen-bond donors (Lipinski definition) is 1. The van der Waals surface area contributed by atoms with E-state index < -0.39 is 11.0 Å². The second-order valence-electron chi connectivity index (χ2n) is 5.58. The first kappa shape index (κ1) is 22.5. The third-order valence-electron chi connectivity index (χ3n) is 3.59. The topological polar surface area (TPSA) is 82.0 Å². The largest absolute Gasteiger partial charge is 0.490 e. The molecule has 1 fully saturated rings. The SMILES string of the molecule is C=CCOc1ccc(/C(=N\O[C@@H]2CCOC2)C(=O)Nc2ncc(F)s2)cc1.CC. The number of ether oxygens (including phenoxy) is 2. The van der Waals surface area contributed by atoms with Gasteiger partial charge in [0.05, 0.1) is 19.4 Å². The number of oxime groups is 1. The second-order valence-corrected chi connectivity index (χ2v) is 6.56. The number of halogens is 1. The van der Waals surface area contributed by atoms with E-state index >= 15 is 0 Å². The number of thiazole rings is 1. The third-order valence-corrected chi connectivity index (χ3v) is 4.29. The Bertz CT molecular complexity index is 817. The molecule has 3 rings (SSSR count). The molecule has 0 spiro atoms. The maximum atomic E-state index is 13.1. The quantitative estimate of drug-likeness (QED) is 0.395. The minimum Gasteiger partial charge on any atom is -0.490 e. The van der Waals surface area contributed by atoms with Crippen molar-refractivity contribution in [1.82, 2.24) is 4.98 Å². The lowest BCUT2D eigenvalue weighted by Gasteiger charge is -2.10. The van der Waals surface area contributed by atoms with Crippen LogP contribution < -0.4 is 10.1 Å². The van der Waals surface area contributed by atoms with Crippen LogP contribution in [0.5, 0.6) is 5.75 Å². The van der Waals surface area contributed by atoms with Gasteiger partial charge in [0.1, 0.15) is 12.4 Å². The van der Waals surface area contributed by atoms with E-state index in [0.29, 0.717) is 37.6 Å². The van der Waals surface area contributed by atoms with Gasteiger partial charge in [-0.3, -0.25) is 10.1 Å². The molecule has 0 aliphatic carbocycles. The number of hydrogen-bond acceptors (Lipinski definition) is 7. The average molecular weight is 421 g/mol. The molecular weight excluding hydrogens is 397 g/mol. The van der Waals surface area contributed by atoms with Crippen LogP contribution >= 0.6 is 11.3 Å². The highest BCUT2D eigenvalue weighted by molar-refractivity contribution is 7.14. The fourth-order valence-electron chi connectivity index (χ4n) is 2.28. The van der Waals surface area contributed by atoms with E-state index in [1.165, 1.54) is 0 Å². The molecule has 1 amide bonds. The number of amides is 1. The van der Waals surface area contributed by atoms with Gasteiger partial charge in [-0.1, -0.05) is 43.0 Å². The smallest absolute Gasteiger partial charge is 0.280 e. The van der Waals surface area contributed by atoms with Crippen molar-refractivity contribution in [3.63, 3.8) is 0 Å². The lowest BCUT2D eigenvalue weighted by atomic mass is 10.1. The maximum Gasteiger partial charge on any atom is 0.280 e. The van der Waals surface area contributed by atoms with Gasteiger partial charge in [0.25, 0.3) is 5.91 Å². The Morgan fingerprint density at radius 2 is 2.21 bits per heavy atom. The van der Waals surface area contributed by atoms with Gasteiger partial charge in [-0.2, -0.15) is 4.39 Å². The Labute approximate surface area is 173 Å². The summed E-state index contributed by atoms with van der Waals surface area (Å²) in [6.07, 6.45) is 3.17. The zero-order valence-electron chi connectivity index (χ0n) is 16.4. The summed E-state index contributed by atoms with van der Waals surface area (Å²) in [4.78, 5) is 21.9. The van der Waals surface area contributed by atoms with E-state index in [1.54, 1.807) is 30.3 Å². The van der Waals surface area contributed by atoms with Crippen molar-refractivity contribution in [3.05, 3.63) is 53.8 Å². The van der Waals surface area contributed by atoms with Gasteiger partial charge in [-0.15, -0.1) is 0 Å². The van der Waals surface area contributed by atoms with Crippen molar-refractivity contribution in [3.8, 4) is 5.75 Å². The molecule has 1 aliphatic rings. The minimum absolute atomic E-state index is 0.0489. The van der Waals surface area contributed by atoms with Crippen LogP contribution in [0, 0.1) is 5.13 Å². The number of anilines is 1. The van der Waals surface area contributed by atoms with Gasteiger partial charge in [0, 0.05) is 12.0 Å². The maximum absolute atomic E-state index is 13.1. The number of nitrogens with one attached hydrogen (secondary N) is 1. The van der Waals surface area contributed by atoms with Crippen LogP contribution in [-0.2, 0) is 14.4 Å². The number of carbonyl (C=O) groups excluding carboxylic acids is 1. The van der Waals surface area contributed by atoms with Crippen LogP contribution in [0.4, 0.5) is 9.52 Å². The monoisotopic (exact) mass is 421 g/mol. The molecule has 1 aromatic carbocycles. The number of aromatic nitrogens is 1. The Morgan fingerprint density at radius 1 is 1.45 bits per heavy atom. The molecule has 0 bridgehead atoms. The van der Waals surface area contributed by atoms with Gasteiger partial charge in [-0.05, 0) is 24.3 Å². The van der Waals surface area contributed by atoms with E-state index in [-0.39, 0.29) is 16.9 Å². The van der Waals surface area contributed by atoms with Gasteiger partial charge < -0.3 is 14.3 Å². The predicted octanol–water partition coefficient (Wildman–Crippen LogP) is 4.02. The standard InChI is InChI=1S/C18H18FN3O4S.C2H6/c1-2-8-25-13-5-3-12(4-6-13)16(22-26-14-7-9-24-11-14)17(23)21-18-20-10-15(19)27-18;1-2/h2-6,10,14H,1,7-9,11H2,(H,20,21,23);1-2H3/b22-16+;/t14-;/m1./s1. The van der Waals surface area contributed by atoms with Crippen LogP contribution in [0.3, 0.4) is 0 Å². The summed E-state index contributed by atoms with van der Waals surface area (Å²) in [6, 6.07) is 6.80. The fourth-order valence-corrected chi connectivity index (χ4v) is 2.82. The lowest BCUT2D eigenvalue weighted by Crippen LogP contribution is -2.25. The van der Waals surface area contributed by atoms with Crippen molar-refractivity contribution >= 4 is 28.1 Å². The van der Waals surface area contributed by atoms with Gasteiger partial charge in [0.15, 0.2) is 22.1 Å². The highest BCUT2D eigenvalue weighted by Gasteiger charge is 2.21. The molecule has 0 saturated carbocycles. The number of carbonyl (C=O) groups is 1. The summed E-state index contributed by atoms with van der Waals surface area (Å²) >= 11 is 0.729. The summed E-state index contributed by atoms with van der Waals surface area (Å²) in [5.74, 6) is 0.0774. The van der Waals surface area contributed by atoms with Crippen molar-refractivity contribution in [2.75, 3.05) is 25.1 Å². The normalized spacial score (nSPS) is 15.8. The molecule has 1 N–H and O–H groups in total. The molecular formula is C20H24FN3O4S. The molecule has 1 aliphatic heterocycles. The zero-order valence-corrected chi connectivity index (χ0v) is 17.2. The van der Waals surface area contributed by atoms with Crippen LogP contribution in [0.2, 0.25) is 0 Å². The van der Waals surface area contributed by atoms with Crippen LogP contribution in [0.15, 0.2) is 48.3 Å². The highest BCUT2D eigenvalue weighted by Crippen LogP contribution is 2.18. The van der Waals surface area contributed by atoms with Crippen molar-refractivity contribution in [2.24, 2.45) is 5.16 Å². The molecule has 2 heterocycles. The van der Waals surface area contributed by atoms with E-state index in [9.17, 15) is 9.18 Å². The molecule has 1 saturated heterocycles. The molecule has 9 heteroatoms. The summed E-state index contributed by atoms with van der Waals surface area (Å²) in [7, 11) is 0. The Kier molecular flexibility index (Phi) is 9.26. The Hall–Kier alpha value is -2.78. The van der Waals surface area contributed by atoms with Gasteiger partial charge in [-0.25, -0.2) is 4.98 Å². The first-order chi connectivity index (χ1) is 14.2. The molecule has 2 aromatic rings. The summed E-state index contributed by atoms with van der Waals surface area (Å²) in [5.41, 5.74) is 0.571.